The SMILES string of the molecule is CNCCN(C)Cc1c(C)c(C)nc2ccccc12. The van der Waals surface area contributed by atoms with Crippen LogP contribution in [-0.4, -0.2) is 37.1 Å². The maximum Gasteiger partial charge on any atom is 0.0708 e. The second kappa shape index (κ2) is 6.13. The van der Waals surface area contributed by atoms with Crippen molar-refractivity contribution in [3.05, 3.63) is 41.1 Å². The van der Waals surface area contributed by atoms with Crippen molar-refractivity contribution in [1.82, 2.24) is 15.2 Å². The number of likely N-dealkylation sites (N-methyl/N-ethyl adjacent to an activating group) is 2. The average Bonchev–Trinajstić information content (AvgIpc) is 2.41. The van der Waals surface area contributed by atoms with Crippen molar-refractivity contribution in [2.45, 2.75) is 20.4 Å². The first-order valence-corrected chi connectivity index (χ1v) is 6.81. The monoisotopic (exact) mass is 257 g/mol. The van der Waals surface area contributed by atoms with Crippen LogP contribution in [0, 0.1) is 13.8 Å². The van der Waals surface area contributed by atoms with Gasteiger partial charge < -0.3 is 10.2 Å². The molecule has 1 aromatic heterocycles. The fourth-order valence-corrected chi connectivity index (χ4v) is 2.37. The Bertz CT molecular complexity index is 563. The number of nitrogens with one attached hydrogen (secondary N) is 1. The second-order valence-electron chi connectivity index (χ2n) is 5.16. The lowest BCUT2D eigenvalue weighted by Crippen LogP contribution is -2.27. The van der Waals surface area contributed by atoms with Crippen LogP contribution in [0.25, 0.3) is 10.9 Å². The van der Waals surface area contributed by atoms with Gasteiger partial charge in [-0.3, -0.25) is 4.98 Å². The highest BCUT2D eigenvalue weighted by Crippen LogP contribution is 2.23. The number of nitrogens with zero attached hydrogens (tertiary/aromatic N) is 2. The number of aromatic nitrogens is 1. The lowest BCUT2D eigenvalue weighted by molar-refractivity contribution is 0.328. The number of benzene rings is 1. The first-order valence-electron chi connectivity index (χ1n) is 6.81. The van der Waals surface area contributed by atoms with Crippen LogP contribution in [0.3, 0.4) is 0 Å². The molecule has 2 aromatic rings. The molecule has 0 aliphatic heterocycles. The van der Waals surface area contributed by atoms with Crippen molar-refractivity contribution in [3.63, 3.8) is 0 Å². The van der Waals surface area contributed by atoms with Gasteiger partial charge in [-0.1, -0.05) is 18.2 Å². The molecule has 0 saturated carbocycles. The summed E-state index contributed by atoms with van der Waals surface area (Å²) >= 11 is 0. The van der Waals surface area contributed by atoms with E-state index < -0.39 is 0 Å². The van der Waals surface area contributed by atoms with Crippen LogP contribution >= 0.6 is 0 Å². The number of hydrogen-bond acceptors (Lipinski definition) is 3. The highest BCUT2D eigenvalue weighted by Gasteiger charge is 2.10. The third kappa shape index (κ3) is 3.11. The molecular formula is C16H23N3. The van der Waals surface area contributed by atoms with Gasteiger partial charge in [0.2, 0.25) is 0 Å². The van der Waals surface area contributed by atoms with Crippen LogP contribution in [0.1, 0.15) is 16.8 Å². The van der Waals surface area contributed by atoms with E-state index in [-0.39, 0.29) is 0 Å². The maximum atomic E-state index is 4.67. The van der Waals surface area contributed by atoms with Gasteiger partial charge in [-0.15, -0.1) is 0 Å². The predicted octanol–water partition coefficient (Wildman–Crippen LogP) is 2.50. The molecular weight excluding hydrogens is 234 g/mol. The molecule has 0 saturated heterocycles. The number of fused-ring (bicyclic) bond motifs is 1. The Morgan fingerprint density at radius 2 is 1.95 bits per heavy atom. The van der Waals surface area contributed by atoms with Gasteiger partial charge in [-0.25, -0.2) is 0 Å². The van der Waals surface area contributed by atoms with E-state index in [4.69, 9.17) is 0 Å². The van der Waals surface area contributed by atoms with Gasteiger partial charge in [0.05, 0.1) is 5.52 Å². The van der Waals surface area contributed by atoms with Crippen LogP contribution in [0.5, 0.6) is 0 Å². The molecule has 0 radical (unpaired) electrons. The minimum absolute atomic E-state index is 0.970. The van der Waals surface area contributed by atoms with Gasteiger partial charge in [-0.2, -0.15) is 0 Å². The van der Waals surface area contributed by atoms with Crippen LogP contribution in [0.15, 0.2) is 24.3 Å². The van der Waals surface area contributed by atoms with Gasteiger partial charge >= 0.3 is 0 Å². The van der Waals surface area contributed by atoms with E-state index in [0.717, 1.165) is 30.8 Å². The lowest BCUT2D eigenvalue weighted by Gasteiger charge is -2.20. The largest absolute Gasteiger partial charge is 0.318 e. The summed E-state index contributed by atoms with van der Waals surface area (Å²) in [6.07, 6.45) is 0. The molecule has 0 aliphatic carbocycles. The molecule has 0 fully saturated rings. The smallest absolute Gasteiger partial charge is 0.0708 e. The van der Waals surface area contributed by atoms with E-state index in [1.54, 1.807) is 0 Å². The zero-order valence-electron chi connectivity index (χ0n) is 12.3. The fourth-order valence-electron chi connectivity index (χ4n) is 2.37. The standard InChI is InChI=1S/C16H23N3/c1-12-13(2)18-16-8-6-5-7-14(16)15(12)11-19(4)10-9-17-3/h5-8,17H,9-11H2,1-4H3. The molecule has 2 rings (SSSR count). The second-order valence-corrected chi connectivity index (χ2v) is 5.16. The van der Waals surface area contributed by atoms with Crippen LogP contribution in [0.2, 0.25) is 0 Å². The Morgan fingerprint density at radius 1 is 1.21 bits per heavy atom. The number of hydrogen-bond donors (Lipinski definition) is 1. The molecule has 19 heavy (non-hydrogen) atoms. The Morgan fingerprint density at radius 3 is 2.68 bits per heavy atom. The van der Waals surface area contributed by atoms with Crippen molar-refractivity contribution in [2.75, 3.05) is 27.2 Å². The summed E-state index contributed by atoms with van der Waals surface area (Å²) < 4.78 is 0. The zero-order valence-corrected chi connectivity index (χ0v) is 12.3. The summed E-state index contributed by atoms with van der Waals surface area (Å²) in [4.78, 5) is 7.03. The third-order valence-electron chi connectivity index (χ3n) is 3.68. The summed E-state index contributed by atoms with van der Waals surface area (Å²) in [5, 5.41) is 4.47. The van der Waals surface area contributed by atoms with Gasteiger partial charge in [0.25, 0.3) is 0 Å². The van der Waals surface area contributed by atoms with Gasteiger partial charge in [0.15, 0.2) is 0 Å². The summed E-state index contributed by atoms with van der Waals surface area (Å²) in [5.74, 6) is 0. The Labute approximate surface area is 115 Å². The normalized spacial score (nSPS) is 11.4. The van der Waals surface area contributed by atoms with Crippen molar-refractivity contribution in [2.24, 2.45) is 0 Å². The molecule has 0 unspecified atom stereocenters. The summed E-state index contributed by atoms with van der Waals surface area (Å²) in [6.45, 7) is 7.30. The van der Waals surface area contributed by atoms with Crippen molar-refractivity contribution in [1.29, 1.82) is 0 Å². The Hall–Kier alpha value is -1.45. The molecule has 0 bridgehead atoms. The average molecular weight is 257 g/mol. The fraction of sp³-hybridized carbons (Fsp3) is 0.438. The highest BCUT2D eigenvalue weighted by atomic mass is 15.1. The molecule has 0 atom stereocenters. The topological polar surface area (TPSA) is 28.2 Å². The molecule has 3 heteroatoms. The minimum atomic E-state index is 0.970. The number of aryl methyl sites for hydroxylation is 1. The highest BCUT2D eigenvalue weighted by molar-refractivity contribution is 5.83. The van der Waals surface area contributed by atoms with E-state index in [1.807, 2.05) is 7.05 Å². The Balaban J connectivity index is 2.37. The molecule has 1 N–H and O–H groups in total. The quantitative estimate of drug-likeness (QED) is 0.892. The maximum absolute atomic E-state index is 4.67. The van der Waals surface area contributed by atoms with Gasteiger partial charge in [0, 0.05) is 30.7 Å². The molecule has 1 aromatic carbocycles. The van der Waals surface area contributed by atoms with E-state index in [1.165, 1.54) is 16.5 Å². The van der Waals surface area contributed by atoms with Crippen LogP contribution in [0.4, 0.5) is 0 Å². The molecule has 102 valence electrons. The molecule has 0 amide bonds. The Kier molecular flexibility index (Phi) is 4.51. The summed E-state index contributed by atoms with van der Waals surface area (Å²) in [7, 11) is 4.16. The van der Waals surface area contributed by atoms with E-state index in [0.29, 0.717) is 0 Å². The van der Waals surface area contributed by atoms with Crippen molar-refractivity contribution >= 4 is 10.9 Å². The first kappa shape index (κ1) is 14.0. The molecule has 1 heterocycles. The number of para-hydroxylation sites is 1. The van der Waals surface area contributed by atoms with Gasteiger partial charge in [0.1, 0.15) is 0 Å². The summed E-state index contributed by atoms with van der Waals surface area (Å²) in [5.41, 5.74) is 4.95. The lowest BCUT2D eigenvalue weighted by atomic mass is 10.0. The van der Waals surface area contributed by atoms with Crippen LogP contribution in [-0.2, 0) is 6.54 Å². The van der Waals surface area contributed by atoms with E-state index in [9.17, 15) is 0 Å². The molecule has 0 aliphatic rings. The first-order chi connectivity index (χ1) is 9.13. The predicted molar refractivity (Wildman–Crippen MR) is 81.5 cm³/mol. The molecule has 0 spiro atoms. The van der Waals surface area contributed by atoms with Gasteiger partial charge in [-0.05, 0) is 45.1 Å². The molecule has 3 nitrogen and oxygen atoms in total. The van der Waals surface area contributed by atoms with Crippen molar-refractivity contribution in [3.8, 4) is 0 Å². The third-order valence-corrected chi connectivity index (χ3v) is 3.68. The zero-order chi connectivity index (χ0) is 13.8. The van der Waals surface area contributed by atoms with E-state index in [2.05, 4.69) is 60.4 Å². The number of pyridine rings is 1. The van der Waals surface area contributed by atoms with Crippen LogP contribution < -0.4 is 5.32 Å². The number of rotatable bonds is 5. The summed E-state index contributed by atoms with van der Waals surface area (Å²) in [6, 6.07) is 8.42. The van der Waals surface area contributed by atoms with Crippen molar-refractivity contribution < 1.29 is 0 Å². The van der Waals surface area contributed by atoms with E-state index >= 15 is 0 Å². The minimum Gasteiger partial charge on any atom is -0.318 e.